The summed E-state index contributed by atoms with van der Waals surface area (Å²) in [6.45, 7) is 5.21. The largest absolute Gasteiger partial charge is 0.489 e. The third-order valence-corrected chi connectivity index (χ3v) is 4.87. The molecule has 5 heteroatoms. The first-order valence-corrected chi connectivity index (χ1v) is 9.38. The quantitative estimate of drug-likeness (QED) is 0.811. The molecule has 1 heterocycles. The van der Waals surface area contributed by atoms with Gasteiger partial charge in [-0.1, -0.05) is 35.9 Å². The molecule has 0 saturated carbocycles. The van der Waals surface area contributed by atoms with Gasteiger partial charge in [-0.25, -0.2) is 0 Å². The van der Waals surface area contributed by atoms with Crippen molar-refractivity contribution in [1.82, 2.24) is 10.2 Å². The number of ether oxygens (including phenoxy) is 1. The van der Waals surface area contributed by atoms with Crippen LogP contribution in [0.2, 0.25) is 0 Å². The second-order valence-corrected chi connectivity index (χ2v) is 7.12. The Bertz CT molecular complexity index is 749. The third-order valence-electron chi connectivity index (χ3n) is 4.87. The first kappa shape index (κ1) is 21.3. The maximum Gasteiger partial charge on any atom is 0.253 e. The van der Waals surface area contributed by atoms with Gasteiger partial charge in [0.2, 0.25) is 0 Å². The third kappa shape index (κ3) is 5.98. The summed E-state index contributed by atoms with van der Waals surface area (Å²) in [6.07, 6.45) is 2.26. The second kappa shape index (κ2) is 10.3. The van der Waals surface area contributed by atoms with Gasteiger partial charge in [-0.3, -0.25) is 4.79 Å². The zero-order valence-corrected chi connectivity index (χ0v) is 16.9. The summed E-state index contributed by atoms with van der Waals surface area (Å²) in [5, 5.41) is 3.22. The van der Waals surface area contributed by atoms with Gasteiger partial charge in [0.1, 0.15) is 12.4 Å². The molecule has 146 valence electrons. The van der Waals surface area contributed by atoms with Crippen molar-refractivity contribution >= 4 is 18.3 Å². The topological polar surface area (TPSA) is 41.6 Å². The van der Waals surface area contributed by atoms with Gasteiger partial charge in [-0.15, -0.1) is 12.4 Å². The minimum atomic E-state index is 0. The van der Waals surface area contributed by atoms with Crippen molar-refractivity contribution in [3.63, 3.8) is 0 Å². The Morgan fingerprint density at radius 1 is 1.22 bits per heavy atom. The van der Waals surface area contributed by atoms with Crippen LogP contribution in [0.25, 0.3) is 0 Å². The Kier molecular flexibility index (Phi) is 8.14. The van der Waals surface area contributed by atoms with Crippen LogP contribution in [0.3, 0.4) is 0 Å². The molecule has 0 spiro atoms. The predicted octanol–water partition coefficient (Wildman–Crippen LogP) is 4.07. The van der Waals surface area contributed by atoms with Crippen LogP contribution in [0.4, 0.5) is 0 Å². The van der Waals surface area contributed by atoms with E-state index in [0.29, 0.717) is 18.1 Å². The minimum Gasteiger partial charge on any atom is -0.489 e. The van der Waals surface area contributed by atoms with E-state index < -0.39 is 0 Å². The summed E-state index contributed by atoms with van der Waals surface area (Å²) in [6, 6.07) is 15.8. The fourth-order valence-corrected chi connectivity index (χ4v) is 3.57. The molecule has 1 N–H and O–H groups in total. The molecule has 1 saturated heterocycles. The monoisotopic (exact) mass is 388 g/mol. The van der Waals surface area contributed by atoms with Gasteiger partial charge in [-0.05, 0) is 63.0 Å². The molecule has 0 aromatic heterocycles. The Balaban J connectivity index is 0.00000261. The van der Waals surface area contributed by atoms with Crippen molar-refractivity contribution in [3.8, 4) is 5.75 Å². The highest BCUT2D eigenvalue weighted by Gasteiger charge is 2.24. The number of amides is 1. The van der Waals surface area contributed by atoms with Gasteiger partial charge in [0.05, 0.1) is 0 Å². The van der Waals surface area contributed by atoms with Crippen LogP contribution in [0, 0.1) is 12.8 Å². The molecule has 0 aliphatic carbocycles. The number of piperidine rings is 1. The number of rotatable bonds is 6. The molecule has 1 atom stereocenters. The van der Waals surface area contributed by atoms with Gasteiger partial charge >= 0.3 is 0 Å². The molecule has 0 radical (unpaired) electrons. The summed E-state index contributed by atoms with van der Waals surface area (Å²) in [4.78, 5) is 14.8. The van der Waals surface area contributed by atoms with E-state index in [9.17, 15) is 4.79 Å². The van der Waals surface area contributed by atoms with E-state index in [1.165, 1.54) is 12.0 Å². The average molecular weight is 389 g/mol. The zero-order valence-electron chi connectivity index (χ0n) is 16.1. The molecule has 3 rings (SSSR count). The first-order valence-electron chi connectivity index (χ1n) is 9.38. The molecule has 1 fully saturated rings. The summed E-state index contributed by atoms with van der Waals surface area (Å²) in [7, 11) is 1.97. The number of carbonyl (C=O) groups excluding carboxylic acids is 1. The van der Waals surface area contributed by atoms with E-state index in [0.717, 1.165) is 37.4 Å². The van der Waals surface area contributed by atoms with Crippen molar-refractivity contribution in [2.24, 2.45) is 5.92 Å². The Hall–Kier alpha value is -2.04. The Labute approximate surface area is 168 Å². The molecule has 27 heavy (non-hydrogen) atoms. The number of likely N-dealkylation sites (tertiary alicyclic amines) is 1. The van der Waals surface area contributed by atoms with Gasteiger partial charge in [0.15, 0.2) is 0 Å². The van der Waals surface area contributed by atoms with Crippen molar-refractivity contribution < 1.29 is 9.53 Å². The molecule has 4 nitrogen and oxygen atoms in total. The van der Waals surface area contributed by atoms with Crippen LogP contribution in [0.5, 0.6) is 5.75 Å². The smallest absolute Gasteiger partial charge is 0.253 e. The normalized spacial score (nSPS) is 16.5. The highest BCUT2D eigenvalue weighted by Crippen LogP contribution is 2.21. The number of hydrogen-bond donors (Lipinski definition) is 1. The standard InChI is InChI=1S/C22H28N2O2.ClH/c1-17-6-3-7-18(12-17)16-26-21-10-4-9-20(13-21)22(25)24-11-5-8-19(15-24)14-23-2;/h3-4,6-7,9-10,12-13,19,23H,5,8,11,14-16H2,1-2H3;1H. The fourth-order valence-electron chi connectivity index (χ4n) is 3.57. The fraction of sp³-hybridized carbons (Fsp3) is 0.409. The van der Waals surface area contributed by atoms with Crippen LogP contribution in [-0.2, 0) is 6.61 Å². The molecule has 1 aliphatic heterocycles. The number of benzene rings is 2. The maximum atomic E-state index is 12.9. The number of aryl methyl sites for hydroxylation is 1. The van der Waals surface area contributed by atoms with Crippen LogP contribution < -0.4 is 10.1 Å². The highest BCUT2D eigenvalue weighted by atomic mass is 35.5. The number of halogens is 1. The van der Waals surface area contributed by atoms with Crippen LogP contribution in [0.15, 0.2) is 48.5 Å². The van der Waals surface area contributed by atoms with Crippen LogP contribution >= 0.6 is 12.4 Å². The van der Waals surface area contributed by atoms with E-state index in [1.807, 2.05) is 42.3 Å². The summed E-state index contributed by atoms with van der Waals surface area (Å²) >= 11 is 0. The van der Waals surface area contributed by atoms with Crippen molar-refractivity contribution in [2.75, 3.05) is 26.7 Å². The van der Waals surface area contributed by atoms with Crippen molar-refractivity contribution in [2.45, 2.75) is 26.4 Å². The minimum absolute atomic E-state index is 0. The molecule has 1 amide bonds. The SMILES string of the molecule is CNCC1CCCN(C(=O)c2cccc(OCc3cccc(C)c3)c2)C1.Cl. The van der Waals surface area contributed by atoms with E-state index >= 15 is 0 Å². The molecular weight excluding hydrogens is 360 g/mol. The molecule has 0 bridgehead atoms. The maximum absolute atomic E-state index is 12.9. The van der Waals surface area contributed by atoms with Gasteiger partial charge < -0.3 is 15.0 Å². The van der Waals surface area contributed by atoms with E-state index in [-0.39, 0.29) is 18.3 Å². The van der Waals surface area contributed by atoms with Gasteiger partial charge in [0.25, 0.3) is 5.91 Å². The number of nitrogens with one attached hydrogen (secondary N) is 1. The first-order chi connectivity index (χ1) is 12.7. The van der Waals surface area contributed by atoms with E-state index in [2.05, 4.69) is 30.4 Å². The summed E-state index contributed by atoms with van der Waals surface area (Å²) in [5.41, 5.74) is 3.06. The van der Waals surface area contributed by atoms with Crippen LogP contribution in [-0.4, -0.2) is 37.5 Å². The number of hydrogen-bond acceptors (Lipinski definition) is 3. The molecule has 2 aromatic carbocycles. The van der Waals surface area contributed by atoms with Crippen molar-refractivity contribution in [1.29, 1.82) is 0 Å². The van der Waals surface area contributed by atoms with Gasteiger partial charge in [-0.2, -0.15) is 0 Å². The lowest BCUT2D eigenvalue weighted by Gasteiger charge is -2.32. The molecule has 1 unspecified atom stereocenters. The Morgan fingerprint density at radius 2 is 2.04 bits per heavy atom. The lowest BCUT2D eigenvalue weighted by Crippen LogP contribution is -2.42. The van der Waals surface area contributed by atoms with Gasteiger partial charge in [0, 0.05) is 18.7 Å². The van der Waals surface area contributed by atoms with Crippen molar-refractivity contribution in [3.05, 3.63) is 65.2 Å². The average Bonchev–Trinajstić information content (AvgIpc) is 2.67. The second-order valence-electron chi connectivity index (χ2n) is 7.12. The highest BCUT2D eigenvalue weighted by molar-refractivity contribution is 5.94. The number of carbonyl (C=O) groups is 1. The Morgan fingerprint density at radius 3 is 2.81 bits per heavy atom. The molecule has 2 aromatic rings. The predicted molar refractivity (Wildman–Crippen MR) is 112 cm³/mol. The zero-order chi connectivity index (χ0) is 18.4. The number of nitrogens with zero attached hydrogens (tertiary/aromatic N) is 1. The summed E-state index contributed by atoms with van der Waals surface area (Å²) < 4.78 is 5.90. The van der Waals surface area contributed by atoms with E-state index in [1.54, 1.807) is 0 Å². The lowest BCUT2D eigenvalue weighted by atomic mass is 9.97. The van der Waals surface area contributed by atoms with Crippen LogP contribution in [0.1, 0.15) is 34.3 Å². The molecule has 1 aliphatic rings. The van der Waals surface area contributed by atoms with E-state index in [4.69, 9.17) is 4.74 Å². The lowest BCUT2D eigenvalue weighted by molar-refractivity contribution is 0.0674. The molecular formula is C22H29ClN2O2. The summed E-state index contributed by atoms with van der Waals surface area (Å²) in [5.74, 6) is 1.38.